The highest BCUT2D eigenvalue weighted by molar-refractivity contribution is 7.10. The standard InChI is InChI=1S/C11H12N2S.CH2O2/c12-4-8-5-14-9-2-1-3-11(10(8)9)6-13-7-11;2-1-3/h5,13H,1-3,6-7H2;1H,(H,2,3). The Bertz CT molecular complexity index is 458. The molecule has 1 aromatic heterocycles. The lowest BCUT2D eigenvalue weighted by molar-refractivity contribution is -0.122. The smallest absolute Gasteiger partial charge is 0.290 e. The molecule has 0 unspecified atom stereocenters. The van der Waals surface area contributed by atoms with Crippen LogP contribution < -0.4 is 5.32 Å². The highest BCUT2D eigenvalue weighted by atomic mass is 32.1. The predicted octanol–water partition coefficient (Wildman–Crippen LogP) is 1.50. The van der Waals surface area contributed by atoms with Gasteiger partial charge in [-0.05, 0) is 24.8 Å². The van der Waals surface area contributed by atoms with Crippen molar-refractivity contribution in [3.05, 3.63) is 21.4 Å². The summed E-state index contributed by atoms with van der Waals surface area (Å²) < 4.78 is 0. The van der Waals surface area contributed by atoms with Gasteiger partial charge in [-0.25, -0.2) is 0 Å². The van der Waals surface area contributed by atoms with E-state index in [1.54, 1.807) is 11.3 Å². The fraction of sp³-hybridized carbons (Fsp3) is 0.500. The molecule has 0 aromatic carbocycles. The molecule has 2 aliphatic rings. The number of aryl methyl sites for hydroxylation is 1. The molecule has 0 atom stereocenters. The lowest BCUT2D eigenvalue weighted by Crippen LogP contribution is -2.58. The molecule has 4 nitrogen and oxygen atoms in total. The van der Waals surface area contributed by atoms with E-state index in [0.29, 0.717) is 5.41 Å². The highest BCUT2D eigenvalue weighted by Crippen LogP contribution is 2.44. The first kappa shape index (κ1) is 12.1. The molecule has 90 valence electrons. The van der Waals surface area contributed by atoms with Crippen LogP contribution in [-0.2, 0) is 16.6 Å². The summed E-state index contributed by atoms with van der Waals surface area (Å²) in [4.78, 5) is 9.83. The molecule has 2 heterocycles. The first-order valence-electron chi connectivity index (χ1n) is 5.57. The van der Waals surface area contributed by atoms with Gasteiger partial charge in [-0.1, -0.05) is 0 Å². The normalized spacial score (nSPS) is 19.2. The van der Waals surface area contributed by atoms with Gasteiger partial charge in [-0.2, -0.15) is 5.26 Å². The number of carbonyl (C=O) groups is 1. The van der Waals surface area contributed by atoms with Gasteiger partial charge in [0.2, 0.25) is 0 Å². The van der Waals surface area contributed by atoms with Crippen LogP contribution in [0.4, 0.5) is 0 Å². The number of nitrogens with zero attached hydrogens (tertiary/aromatic N) is 1. The molecule has 3 rings (SSSR count). The van der Waals surface area contributed by atoms with Crippen molar-refractivity contribution in [2.75, 3.05) is 13.1 Å². The van der Waals surface area contributed by atoms with E-state index in [-0.39, 0.29) is 6.47 Å². The maximum absolute atomic E-state index is 9.07. The van der Waals surface area contributed by atoms with Gasteiger partial charge in [0.1, 0.15) is 6.07 Å². The molecule has 17 heavy (non-hydrogen) atoms. The van der Waals surface area contributed by atoms with Crippen LogP contribution in [0.1, 0.15) is 28.8 Å². The molecule has 0 saturated carbocycles. The summed E-state index contributed by atoms with van der Waals surface area (Å²) in [5.41, 5.74) is 2.65. The Kier molecular flexibility index (Phi) is 3.46. The van der Waals surface area contributed by atoms with Gasteiger partial charge in [0, 0.05) is 28.8 Å². The van der Waals surface area contributed by atoms with Gasteiger partial charge >= 0.3 is 0 Å². The Morgan fingerprint density at radius 2 is 2.29 bits per heavy atom. The second-order valence-electron chi connectivity index (χ2n) is 4.40. The first-order chi connectivity index (χ1) is 8.27. The van der Waals surface area contributed by atoms with Gasteiger partial charge in [0.25, 0.3) is 6.47 Å². The minimum Gasteiger partial charge on any atom is -0.483 e. The predicted molar refractivity (Wildman–Crippen MR) is 65.2 cm³/mol. The zero-order valence-corrected chi connectivity index (χ0v) is 10.2. The Balaban J connectivity index is 0.000000329. The number of rotatable bonds is 0. The van der Waals surface area contributed by atoms with Crippen molar-refractivity contribution in [3.63, 3.8) is 0 Å². The number of nitrogens with one attached hydrogen (secondary N) is 1. The lowest BCUT2D eigenvalue weighted by atomic mass is 9.67. The van der Waals surface area contributed by atoms with Crippen LogP contribution in [0.5, 0.6) is 0 Å². The average Bonchev–Trinajstić information content (AvgIpc) is 2.71. The molecule has 1 spiro atoms. The SMILES string of the molecule is N#Cc1csc2c1C1(CCC2)CNC1.O=CO. The monoisotopic (exact) mass is 250 g/mol. The third kappa shape index (κ3) is 1.94. The summed E-state index contributed by atoms with van der Waals surface area (Å²) in [5.74, 6) is 0. The number of nitriles is 1. The average molecular weight is 250 g/mol. The number of carboxylic acid groups (broad SMARTS) is 1. The summed E-state index contributed by atoms with van der Waals surface area (Å²) in [5, 5.41) is 21.3. The van der Waals surface area contributed by atoms with Crippen molar-refractivity contribution in [2.24, 2.45) is 0 Å². The van der Waals surface area contributed by atoms with Crippen molar-refractivity contribution in [1.29, 1.82) is 5.26 Å². The highest BCUT2D eigenvalue weighted by Gasteiger charge is 2.44. The molecule has 0 amide bonds. The molecule has 2 N–H and O–H groups in total. The second kappa shape index (κ2) is 4.86. The number of fused-ring (bicyclic) bond motifs is 2. The van der Waals surface area contributed by atoms with Crippen LogP contribution in [0, 0.1) is 11.3 Å². The quantitative estimate of drug-likeness (QED) is 0.684. The van der Waals surface area contributed by atoms with Gasteiger partial charge in [0.05, 0.1) is 5.56 Å². The van der Waals surface area contributed by atoms with Crippen LogP contribution in [0.25, 0.3) is 0 Å². The molecule has 1 fully saturated rings. The lowest BCUT2D eigenvalue weighted by Gasteiger charge is -2.46. The molecule has 5 heteroatoms. The van der Waals surface area contributed by atoms with Crippen LogP contribution in [-0.4, -0.2) is 24.7 Å². The fourth-order valence-electron chi connectivity index (χ4n) is 2.74. The van der Waals surface area contributed by atoms with Crippen LogP contribution in [0.3, 0.4) is 0 Å². The minimum atomic E-state index is -0.250. The van der Waals surface area contributed by atoms with Gasteiger partial charge < -0.3 is 10.4 Å². The van der Waals surface area contributed by atoms with Gasteiger partial charge in [-0.15, -0.1) is 11.3 Å². The molecular formula is C12H14N2O2S. The third-order valence-electron chi connectivity index (χ3n) is 3.50. The van der Waals surface area contributed by atoms with Gasteiger partial charge in [-0.3, -0.25) is 4.79 Å². The van der Waals surface area contributed by atoms with E-state index in [2.05, 4.69) is 11.4 Å². The summed E-state index contributed by atoms with van der Waals surface area (Å²) in [7, 11) is 0. The van der Waals surface area contributed by atoms with Gasteiger partial charge in [0.15, 0.2) is 0 Å². The zero-order valence-electron chi connectivity index (χ0n) is 9.40. The maximum Gasteiger partial charge on any atom is 0.290 e. The van der Waals surface area contributed by atoms with E-state index in [4.69, 9.17) is 15.2 Å². The largest absolute Gasteiger partial charge is 0.483 e. The number of hydrogen-bond acceptors (Lipinski definition) is 4. The van der Waals surface area contributed by atoms with E-state index in [9.17, 15) is 0 Å². The van der Waals surface area contributed by atoms with E-state index in [1.165, 1.54) is 29.7 Å². The maximum atomic E-state index is 9.07. The van der Waals surface area contributed by atoms with E-state index in [1.807, 2.05) is 5.38 Å². The molecule has 0 bridgehead atoms. The van der Waals surface area contributed by atoms with E-state index < -0.39 is 0 Å². The fourth-order valence-corrected chi connectivity index (χ4v) is 3.88. The molecular weight excluding hydrogens is 236 g/mol. The van der Waals surface area contributed by atoms with E-state index >= 15 is 0 Å². The molecule has 1 aliphatic heterocycles. The molecule has 1 aliphatic carbocycles. The summed E-state index contributed by atoms with van der Waals surface area (Å²) in [6.07, 6.45) is 3.74. The Morgan fingerprint density at radius 3 is 2.82 bits per heavy atom. The van der Waals surface area contributed by atoms with Crippen molar-refractivity contribution in [1.82, 2.24) is 5.32 Å². The number of hydrogen-bond donors (Lipinski definition) is 2. The van der Waals surface area contributed by atoms with Crippen LogP contribution in [0.2, 0.25) is 0 Å². The van der Waals surface area contributed by atoms with Crippen LogP contribution in [0.15, 0.2) is 5.38 Å². The van der Waals surface area contributed by atoms with E-state index in [0.717, 1.165) is 18.7 Å². The molecule has 1 aromatic rings. The van der Waals surface area contributed by atoms with Crippen molar-refractivity contribution < 1.29 is 9.90 Å². The second-order valence-corrected chi connectivity index (χ2v) is 5.37. The van der Waals surface area contributed by atoms with Crippen molar-refractivity contribution in [2.45, 2.75) is 24.7 Å². The molecule has 1 saturated heterocycles. The third-order valence-corrected chi connectivity index (χ3v) is 4.55. The Hall–Kier alpha value is -1.38. The van der Waals surface area contributed by atoms with Crippen molar-refractivity contribution in [3.8, 4) is 6.07 Å². The zero-order chi connectivity index (χ0) is 12.3. The molecule has 0 radical (unpaired) electrons. The topological polar surface area (TPSA) is 73.1 Å². The van der Waals surface area contributed by atoms with Crippen molar-refractivity contribution >= 4 is 17.8 Å². The first-order valence-corrected chi connectivity index (χ1v) is 6.45. The summed E-state index contributed by atoms with van der Waals surface area (Å²) in [6, 6.07) is 2.34. The summed E-state index contributed by atoms with van der Waals surface area (Å²) >= 11 is 1.78. The Morgan fingerprint density at radius 1 is 1.59 bits per heavy atom. The summed E-state index contributed by atoms with van der Waals surface area (Å²) in [6.45, 7) is 1.90. The number of thiophene rings is 1. The Labute approximate surface area is 104 Å². The minimum absolute atomic E-state index is 0.250. The van der Waals surface area contributed by atoms with Crippen LogP contribution >= 0.6 is 11.3 Å².